The van der Waals surface area contributed by atoms with E-state index in [2.05, 4.69) is 25.7 Å². The zero-order valence-corrected chi connectivity index (χ0v) is 13.9. The maximum absolute atomic E-state index is 13.0. The minimum Gasteiger partial charge on any atom is -0.364 e. The van der Waals surface area contributed by atoms with Crippen molar-refractivity contribution < 1.29 is 14.0 Å². The fourth-order valence-electron chi connectivity index (χ4n) is 2.20. The van der Waals surface area contributed by atoms with Gasteiger partial charge in [0.2, 0.25) is 0 Å². The second kappa shape index (κ2) is 8.02. The van der Waals surface area contributed by atoms with Crippen LogP contribution >= 0.6 is 0 Å². The molecular formula is C18H16FN5O2. The van der Waals surface area contributed by atoms with E-state index in [-0.39, 0.29) is 11.9 Å². The van der Waals surface area contributed by atoms with E-state index >= 15 is 0 Å². The number of benzene rings is 1. The monoisotopic (exact) mass is 353 g/mol. The minimum atomic E-state index is -0.587. The number of rotatable bonds is 6. The SMILES string of the molecule is CC(Nc1cc(C(=O)ONc2cnccn2)ccn1)c1ccc(F)cc1. The Balaban J connectivity index is 1.63. The predicted octanol–water partition coefficient (Wildman–Crippen LogP) is 3.37. The van der Waals surface area contributed by atoms with Crippen molar-refractivity contribution in [1.82, 2.24) is 15.0 Å². The van der Waals surface area contributed by atoms with Crippen LogP contribution in [-0.2, 0) is 4.84 Å². The highest BCUT2D eigenvalue weighted by Crippen LogP contribution is 2.19. The van der Waals surface area contributed by atoms with Crippen LogP contribution in [0.3, 0.4) is 0 Å². The molecular weight excluding hydrogens is 337 g/mol. The summed E-state index contributed by atoms with van der Waals surface area (Å²) in [5.41, 5.74) is 3.64. The van der Waals surface area contributed by atoms with Gasteiger partial charge in [0.15, 0.2) is 5.82 Å². The zero-order valence-electron chi connectivity index (χ0n) is 13.9. The van der Waals surface area contributed by atoms with Crippen LogP contribution in [0.5, 0.6) is 0 Å². The lowest BCUT2D eigenvalue weighted by atomic mass is 10.1. The van der Waals surface area contributed by atoms with Crippen LogP contribution in [0.2, 0.25) is 0 Å². The molecule has 0 bridgehead atoms. The third-order valence-corrected chi connectivity index (χ3v) is 3.54. The molecule has 0 aliphatic heterocycles. The molecule has 0 aliphatic carbocycles. The third kappa shape index (κ3) is 4.50. The minimum absolute atomic E-state index is 0.118. The van der Waals surface area contributed by atoms with Gasteiger partial charge in [-0.1, -0.05) is 12.1 Å². The lowest BCUT2D eigenvalue weighted by Gasteiger charge is -2.15. The number of hydrogen-bond donors (Lipinski definition) is 2. The van der Waals surface area contributed by atoms with Crippen LogP contribution in [0.4, 0.5) is 16.0 Å². The number of pyridine rings is 1. The maximum Gasteiger partial charge on any atom is 0.363 e. The molecule has 3 aromatic rings. The molecule has 1 aromatic carbocycles. The molecule has 0 aliphatic rings. The van der Waals surface area contributed by atoms with E-state index in [0.29, 0.717) is 17.2 Å². The quantitative estimate of drug-likeness (QED) is 0.657. The first-order valence-electron chi connectivity index (χ1n) is 7.83. The number of nitrogens with one attached hydrogen (secondary N) is 2. The van der Waals surface area contributed by atoms with Crippen LogP contribution in [0.1, 0.15) is 28.9 Å². The molecule has 3 rings (SSSR count). The van der Waals surface area contributed by atoms with Crippen molar-refractivity contribution in [2.24, 2.45) is 0 Å². The molecule has 0 saturated carbocycles. The molecule has 0 fully saturated rings. The highest BCUT2D eigenvalue weighted by molar-refractivity contribution is 5.90. The number of nitrogens with zero attached hydrogens (tertiary/aromatic N) is 3. The van der Waals surface area contributed by atoms with Gasteiger partial charge < -0.3 is 10.2 Å². The highest BCUT2D eigenvalue weighted by atomic mass is 19.1. The zero-order chi connectivity index (χ0) is 18.4. The van der Waals surface area contributed by atoms with Crippen molar-refractivity contribution in [2.75, 3.05) is 10.8 Å². The fourth-order valence-corrected chi connectivity index (χ4v) is 2.20. The molecule has 2 aromatic heterocycles. The van der Waals surface area contributed by atoms with Gasteiger partial charge in [-0.2, -0.15) is 5.48 Å². The number of aromatic nitrogens is 3. The van der Waals surface area contributed by atoms with Crippen LogP contribution < -0.4 is 10.8 Å². The smallest absolute Gasteiger partial charge is 0.363 e. The summed E-state index contributed by atoms with van der Waals surface area (Å²) in [6.07, 6.45) is 5.91. The summed E-state index contributed by atoms with van der Waals surface area (Å²) < 4.78 is 13.0. The summed E-state index contributed by atoms with van der Waals surface area (Å²) in [5.74, 6) is -0.0658. The van der Waals surface area contributed by atoms with E-state index in [4.69, 9.17) is 4.84 Å². The van der Waals surface area contributed by atoms with Gasteiger partial charge in [0.25, 0.3) is 0 Å². The van der Waals surface area contributed by atoms with Crippen molar-refractivity contribution in [3.05, 3.63) is 78.1 Å². The Morgan fingerprint density at radius 2 is 1.85 bits per heavy atom. The van der Waals surface area contributed by atoms with E-state index in [1.807, 2.05) is 6.92 Å². The van der Waals surface area contributed by atoms with Gasteiger partial charge >= 0.3 is 5.97 Å². The van der Waals surface area contributed by atoms with Crippen molar-refractivity contribution >= 4 is 17.6 Å². The Kier molecular flexibility index (Phi) is 5.33. The first kappa shape index (κ1) is 17.3. The first-order chi connectivity index (χ1) is 12.6. The van der Waals surface area contributed by atoms with Crippen molar-refractivity contribution in [3.63, 3.8) is 0 Å². The van der Waals surface area contributed by atoms with Gasteiger partial charge in [-0.3, -0.25) is 4.98 Å². The number of halogens is 1. The van der Waals surface area contributed by atoms with Gasteiger partial charge in [0, 0.05) is 24.6 Å². The molecule has 0 saturated heterocycles. The molecule has 8 heteroatoms. The second-order valence-corrected chi connectivity index (χ2v) is 5.43. The summed E-state index contributed by atoms with van der Waals surface area (Å²) in [6, 6.07) is 9.16. The van der Waals surface area contributed by atoms with Crippen LogP contribution in [0, 0.1) is 5.82 Å². The Hall–Kier alpha value is -3.55. The molecule has 0 radical (unpaired) electrons. The number of carbonyl (C=O) groups is 1. The molecule has 0 spiro atoms. The molecule has 1 unspecified atom stereocenters. The van der Waals surface area contributed by atoms with Crippen LogP contribution in [-0.4, -0.2) is 20.9 Å². The van der Waals surface area contributed by atoms with Crippen LogP contribution in [0.15, 0.2) is 61.2 Å². The Morgan fingerprint density at radius 1 is 1.08 bits per heavy atom. The van der Waals surface area contributed by atoms with Crippen LogP contribution in [0.25, 0.3) is 0 Å². The largest absolute Gasteiger partial charge is 0.364 e. The maximum atomic E-state index is 13.0. The van der Waals surface area contributed by atoms with Gasteiger partial charge in [-0.15, -0.1) is 0 Å². The Labute approximate surface area is 149 Å². The van der Waals surface area contributed by atoms with Crippen molar-refractivity contribution in [3.8, 4) is 0 Å². The topological polar surface area (TPSA) is 89.0 Å². The van der Waals surface area contributed by atoms with Gasteiger partial charge in [-0.05, 0) is 36.8 Å². The van der Waals surface area contributed by atoms with Gasteiger partial charge in [0.05, 0.1) is 11.8 Å². The third-order valence-electron chi connectivity index (χ3n) is 3.54. The van der Waals surface area contributed by atoms with E-state index in [9.17, 15) is 9.18 Å². The van der Waals surface area contributed by atoms with E-state index in [0.717, 1.165) is 5.56 Å². The van der Waals surface area contributed by atoms with E-state index in [1.165, 1.54) is 43.0 Å². The second-order valence-electron chi connectivity index (χ2n) is 5.43. The predicted molar refractivity (Wildman–Crippen MR) is 93.7 cm³/mol. The lowest BCUT2D eigenvalue weighted by molar-refractivity contribution is 0.0594. The molecule has 2 N–H and O–H groups in total. The first-order valence-corrected chi connectivity index (χ1v) is 7.83. The average Bonchev–Trinajstić information content (AvgIpc) is 2.67. The van der Waals surface area contributed by atoms with Crippen molar-refractivity contribution in [2.45, 2.75) is 13.0 Å². The van der Waals surface area contributed by atoms with E-state index < -0.39 is 5.97 Å². The summed E-state index contributed by atoms with van der Waals surface area (Å²) in [4.78, 5) is 29.1. The molecule has 1 atom stereocenters. The Morgan fingerprint density at radius 3 is 2.58 bits per heavy atom. The highest BCUT2D eigenvalue weighted by Gasteiger charge is 2.11. The lowest BCUT2D eigenvalue weighted by Crippen LogP contribution is -2.13. The van der Waals surface area contributed by atoms with E-state index in [1.54, 1.807) is 18.2 Å². The summed E-state index contributed by atoms with van der Waals surface area (Å²) in [5, 5.41) is 3.16. The van der Waals surface area contributed by atoms with Crippen molar-refractivity contribution in [1.29, 1.82) is 0 Å². The molecule has 132 valence electrons. The molecule has 2 heterocycles. The summed E-state index contributed by atoms with van der Waals surface area (Å²) in [7, 11) is 0. The molecule has 0 amide bonds. The number of carbonyl (C=O) groups excluding carboxylic acids is 1. The summed E-state index contributed by atoms with van der Waals surface area (Å²) >= 11 is 0. The number of anilines is 2. The Bertz CT molecular complexity index is 874. The molecule has 7 nitrogen and oxygen atoms in total. The molecule has 26 heavy (non-hydrogen) atoms. The number of hydrogen-bond acceptors (Lipinski definition) is 7. The van der Waals surface area contributed by atoms with Gasteiger partial charge in [0.1, 0.15) is 11.6 Å². The standard InChI is InChI=1S/C18H16FN5O2/c1-12(13-2-4-15(19)5-3-13)23-16-10-14(6-7-21-16)18(25)26-24-17-11-20-8-9-22-17/h2-12H,1H3,(H,21,23)(H,22,24). The average molecular weight is 353 g/mol. The van der Waals surface area contributed by atoms with Gasteiger partial charge in [-0.25, -0.2) is 19.2 Å². The summed E-state index contributed by atoms with van der Waals surface area (Å²) in [6.45, 7) is 1.91. The normalized spacial score (nSPS) is 11.5. The fraction of sp³-hybridized carbons (Fsp3) is 0.111.